The standard InChI is InChI=1S/C36H36Cl2N4O3/c1-40(36(44)26-8-3-2-4-9-26)23-28(27-13-14-30(37)31(38)22-27)17-20-41-18-15-25(16-19-41)34(43)35-39-32-11-5-6-12-33(32)42(35)24-29-10-7-21-45-29/h2-14,21-22,25,28H,15-20,23-24H2,1H3. The molecule has 232 valence electrons. The van der Waals surface area contributed by atoms with Crippen molar-refractivity contribution in [3.05, 3.63) is 124 Å². The summed E-state index contributed by atoms with van der Waals surface area (Å²) in [6.07, 6.45) is 4.03. The molecular weight excluding hydrogens is 607 g/mol. The molecule has 1 unspecified atom stereocenters. The molecule has 1 amide bonds. The lowest BCUT2D eigenvalue weighted by Crippen LogP contribution is -2.38. The third-order valence-corrected chi connectivity index (χ3v) is 9.54. The van der Waals surface area contributed by atoms with E-state index in [2.05, 4.69) is 4.90 Å². The molecule has 1 saturated heterocycles. The fourth-order valence-electron chi connectivity index (χ4n) is 6.27. The Morgan fingerprint density at radius 3 is 2.44 bits per heavy atom. The molecule has 45 heavy (non-hydrogen) atoms. The number of Topliss-reactive ketones (excluding diaryl/α,β-unsaturated/α-hetero) is 1. The number of amides is 1. The molecule has 0 N–H and O–H groups in total. The molecule has 9 heteroatoms. The number of carbonyl (C=O) groups is 2. The topological polar surface area (TPSA) is 71.6 Å². The summed E-state index contributed by atoms with van der Waals surface area (Å²) in [5.74, 6) is 1.34. The van der Waals surface area contributed by atoms with Gasteiger partial charge in [0.25, 0.3) is 5.91 Å². The summed E-state index contributed by atoms with van der Waals surface area (Å²) in [7, 11) is 1.84. The molecule has 1 aliphatic rings. The number of carbonyl (C=O) groups excluding carboxylic acids is 2. The van der Waals surface area contributed by atoms with Crippen LogP contribution < -0.4 is 0 Å². The lowest BCUT2D eigenvalue weighted by molar-refractivity contribution is 0.0779. The third kappa shape index (κ3) is 7.17. The van der Waals surface area contributed by atoms with E-state index < -0.39 is 0 Å². The van der Waals surface area contributed by atoms with Crippen LogP contribution in [0.25, 0.3) is 11.0 Å². The van der Waals surface area contributed by atoms with E-state index in [9.17, 15) is 9.59 Å². The molecule has 1 aliphatic heterocycles. The maximum atomic E-state index is 13.8. The second-order valence-corrected chi connectivity index (χ2v) is 12.6. The molecule has 1 atom stereocenters. The minimum absolute atomic E-state index is 0.0157. The predicted molar refractivity (Wildman–Crippen MR) is 178 cm³/mol. The number of rotatable bonds is 11. The van der Waals surface area contributed by atoms with Crippen LogP contribution in [0.5, 0.6) is 0 Å². The lowest BCUT2D eigenvalue weighted by atomic mass is 9.90. The number of nitrogens with zero attached hydrogens (tertiary/aromatic N) is 4. The van der Waals surface area contributed by atoms with Gasteiger partial charge in [-0.2, -0.15) is 0 Å². The van der Waals surface area contributed by atoms with Gasteiger partial charge in [0.05, 0.1) is 33.9 Å². The van der Waals surface area contributed by atoms with Gasteiger partial charge < -0.3 is 18.8 Å². The first kappa shape index (κ1) is 31.1. The summed E-state index contributed by atoms with van der Waals surface area (Å²) >= 11 is 12.6. The molecular formula is C36H36Cl2N4O3. The van der Waals surface area contributed by atoms with Gasteiger partial charge in [-0.15, -0.1) is 0 Å². The van der Waals surface area contributed by atoms with Crippen LogP contribution in [-0.2, 0) is 6.54 Å². The predicted octanol–water partition coefficient (Wildman–Crippen LogP) is 7.83. The normalized spacial score (nSPS) is 14.9. The number of para-hydroxylation sites is 2. The Hall–Kier alpha value is -3.91. The summed E-state index contributed by atoms with van der Waals surface area (Å²) in [6, 6.07) is 26.7. The third-order valence-electron chi connectivity index (χ3n) is 8.80. The molecule has 3 aromatic carbocycles. The maximum Gasteiger partial charge on any atom is 0.253 e. The van der Waals surface area contributed by atoms with Crippen LogP contribution in [-0.4, -0.2) is 64.3 Å². The van der Waals surface area contributed by atoms with Gasteiger partial charge in [0.2, 0.25) is 5.78 Å². The number of hydrogen-bond acceptors (Lipinski definition) is 5. The van der Waals surface area contributed by atoms with Crippen LogP contribution in [0.2, 0.25) is 10.0 Å². The van der Waals surface area contributed by atoms with E-state index in [-0.39, 0.29) is 23.5 Å². The van der Waals surface area contributed by atoms with Crippen molar-refractivity contribution in [1.82, 2.24) is 19.4 Å². The Bertz CT molecular complexity index is 1760. The molecule has 3 heterocycles. The van der Waals surface area contributed by atoms with Crippen molar-refractivity contribution in [3.8, 4) is 0 Å². The van der Waals surface area contributed by atoms with Gasteiger partial charge >= 0.3 is 0 Å². The van der Waals surface area contributed by atoms with Crippen molar-refractivity contribution in [2.45, 2.75) is 31.7 Å². The minimum atomic E-state index is -0.0890. The molecule has 7 nitrogen and oxygen atoms in total. The number of benzene rings is 3. The zero-order valence-corrected chi connectivity index (χ0v) is 26.8. The summed E-state index contributed by atoms with van der Waals surface area (Å²) in [5.41, 5.74) is 3.46. The highest BCUT2D eigenvalue weighted by atomic mass is 35.5. The number of ketones is 1. The van der Waals surface area contributed by atoms with E-state index in [0.717, 1.165) is 61.3 Å². The maximum absolute atomic E-state index is 13.8. The summed E-state index contributed by atoms with van der Waals surface area (Å²) in [4.78, 5) is 36.0. The molecule has 0 spiro atoms. The SMILES string of the molecule is CN(CC(CCN1CCC(C(=O)c2nc3ccccc3n2Cc2ccco2)CC1)c1ccc(Cl)c(Cl)c1)C(=O)c1ccccc1. The monoisotopic (exact) mass is 642 g/mol. The number of likely N-dealkylation sites (N-methyl/N-ethyl adjacent to an activating group) is 1. The quantitative estimate of drug-likeness (QED) is 0.137. The highest BCUT2D eigenvalue weighted by molar-refractivity contribution is 6.42. The molecule has 0 bridgehead atoms. The van der Waals surface area contributed by atoms with E-state index in [1.165, 1.54) is 0 Å². The second kappa shape index (κ2) is 14.0. The van der Waals surface area contributed by atoms with Crippen molar-refractivity contribution < 1.29 is 14.0 Å². The fourth-order valence-corrected chi connectivity index (χ4v) is 6.57. The van der Waals surface area contributed by atoms with Crippen LogP contribution in [0.4, 0.5) is 0 Å². The molecule has 6 rings (SSSR count). The average molecular weight is 644 g/mol. The first-order valence-electron chi connectivity index (χ1n) is 15.4. The molecule has 2 aromatic heterocycles. The van der Waals surface area contributed by atoms with Gasteiger partial charge in [0.1, 0.15) is 5.76 Å². The van der Waals surface area contributed by atoms with E-state index in [0.29, 0.717) is 34.5 Å². The number of likely N-dealkylation sites (tertiary alicyclic amines) is 1. The largest absolute Gasteiger partial charge is 0.467 e. The van der Waals surface area contributed by atoms with E-state index in [4.69, 9.17) is 32.6 Å². The Labute approximate surface area is 273 Å². The number of imidazole rings is 1. The zero-order chi connectivity index (χ0) is 31.3. The molecule has 1 fully saturated rings. The van der Waals surface area contributed by atoms with Crippen LogP contribution >= 0.6 is 23.2 Å². The minimum Gasteiger partial charge on any atom is -0.467 e. The molecule has 0 saturated carbocycles. The van der Waals surface area contributed by atoms with E-state index in [1.807, 2.05) is 96.5 Å². The van der Waals surface area contributed by atoms with Crippen molar-refractivity contribution in [2.24, 2.45) is 5.92 Å². The Kier molecular flexibility index (Phi) is 9.69. The summed E-state index contributed by atoms with van der Waals surface area (Å²) in [6.45, 7) is 3.50. The van der Waals surface area contributed by atoms with E-state index in [1.54, 1.807) is 11.2 Å². The number of hydrogen-bond donors (Lipinski definition) is 0. The Balaban J connectivity index is 1.11. The smallest absolute Gasteiger partial charge is 0.253 e. The van der Waals surface area contributed by atoms with Crippen molar-refractivity contribution in [3.63, 3.8) is 0 Å². The van der Waals surface area contributed by atoms with Gasteiger partial charge in [-0.3, -0.25) is 9.59 Å². The van der Waals surface area contributed by atoms with Gasteiger partial charge in [0, 0.05) is 31.0 Å². The average Bonchev–Trinajstić information content (AvgIpc) is 3.72. The molecule has 0 radical (unpaired) electrons. The van der Waals surface area contributed by atoms with Crippen LogP contribution in [0.15, 0.2) is 95.6 Å². The van der Waals surface area contributed by atoms with Gasteiger partial charge in [0.15, 0.2) is 5.82 Å². The Morgan fingerprint density at radius 2 is 1.71 bits per heavy atom. The van der Waals surface area contributed by atoms with Gasteiger partial charge in [-0.25, -0.2) is 4.98 Å². The van der Waals surface area contributed by atoms with Crippen LogP contribution in [0.3, 0.4) is 0 Å². The first-order chi connectivity index (χ1) is 21.9. The molecule has 5 aromatic rings. The lowest BCUT2D eigenvalue weighted by Gasteiger charge is -2.33. The number of piperidine rings is 1. The van der Waals surface area contributed by atoms with Crippen molar-refractivity contribution >= 4 is 45.9 Å². The zero-order valence-electron chi connectivity index (χ0n) is 25.2. The summed E-state index contributed by atoms with van der Waals surface area (Å²) in [5, 5.41) is 1.02. The number of furan rings is 1. The van der Waals surface area contributed by atoms with Crippen molar-refractivity contribution in [2.75, 3.05) is 33.2 Å². The highest BCUT2D eigenvalue weighted by Crippen LogP contribution is 2.31. The van der Waals surface area contributed by atoms with Crippen molar-refractivity contribution in [1.29, 1.82) is 0 Å². The van der Waals surface area contributed by atoms with E-state index >= 15 is 0 Å². The Morgan fingerprint density at radius 1 is 0.956 bits per heavy atom. The first-order valence-corrected chi connectivity index (χ1v) is 16.1. The van der Waals surface area contributed by atoms with Crippen LogP contribution in [0.1, 0.15) is 57.5 Å². The number of fused-ring (bicyclic) bond motifs is 1. The summed E-state index contributed by atoms with van der Waals surface area (Å²) < 4.78 is 7.58. The fraction of sp³-hybridized carbons (Fsp3) is 0.306. The number of halogens is 2. The van der Waals surface area contributed by atoms with Gasteiger partial charge in [-0.1, -0.05) is 59.6 Å². The second-order valence-electron chi connectivity index (χ2n) is 11.8. The van der Waals surface area contributed by atoms with Gasteiger partial charge in [-0.05, 0) is 93.0 Å². The molecule has 0 aliphatic carbocycles. The number of aromatic nitrogens is 2. The highest BCUT2D eigenvalue weighted by Gasteiger charge is 2.30. The van der Waals surface area contributed by atoms with Crippen LogP contribution in [0, 0.1) is 5.92 Å².